The molecule has 1 heterocycles. The Morgan fingerprint density at radius 1 is 1.64 bits per heavy atom. The monoisotopic (exact) mass is 196 g/mol. The lowest BCUT2D eigenvalue weighted by atomic mass is 10.3. The zero-order valence-corrected chi connectivity index (χ0v) is 8.69. The van der Waals surface area contributed by atoms with Gasteiger partial charge >= 0.3 is 0 Å². The molecule has 1 aromatic heterocycles. The van der Waals surface area contributed by atoms with Gasteiger partial charge in [-0.05, 0) is 6.42 Å². The van der Waals surface area contributed by atoms with Crippen molar-refractivity contribution in [2.24, 2.45) is 7.05 Å². The van der Waals surface area contributed by atoms with E-state index in [4.69, 9.17) is 0 Å². The average molecular weight is 196 g/mol. The van der Waals surface area contributed by atoms with Crippen LogP contribution in [0.4, 0.5) is 0 Å². The Kier molecular flexibility index (Phi) is 3.68. The Morgan fingerprint density at radius 2 is 2.36 bits per heavy atom. The summed E-state index contributed by atoms with van der Waals surface area (Å²) >= 11 is 0. The van der Waals surface area contributed by atoms with Crippen molar-refractivity contribution in [1.82, 2.24) is 4.57 Å². The van der Waals surface area contributed by atoms with Crippen LogP contribution in [0.25, 0.3) is 0 Å². The van der Waals surface area contributed by atoms with Gasteiger partial charge in [0, 0.05) is 18.8 Å². The summed E-state index contributed by atoms with van der Waals surface area (Å²) in [6, 6.07) is 0. The Bertz CT molecular complexity index is 318. The molecule has 0 unspecified atom stereocenters. The van der Waals surface area contributed by atoms with E-state index in [1.807, 2.05) is 28.6 Å². The van der Waals surface area contributed by atoms with Gasteiger partial charge in [0.15, 0.2) is 0 Å². The van der Waals surface area contributed by atoms with Gasteiger partial charge in [0.2, 0.25) is 0 Å². The highest BCUT2D eigenvalue weighted by Gasteiger charge is 2.12. The molecule has 0 bridgehead atoms. The van der Waals surface area contributed by atoms with Gasteiger partial charge in [-0.15, -0.1) is 0 Å². The third-order valence-corrected chi connectivity index (χ3v) is 2.24. The van der Waals surface area contributed by atoms with Crippen molar-refractivity contribution in [3.8, 4) is 0 Å². The number of aryl methyl sites for hydroxylation is 2. The molecule has 1 rings (SSSR count). The van der Waals surface area contributed by atoms with Crippen molar-refractivity contribution in [2.75, 3.05) is 0 Å². The molecule has 0 amide bonds. The lowest BCUT2D eigenvalue weighted by Gasteiger charge is -2.02. The highest BCUT2D eigenvalue weighted by molar-refractivity contribution is 5.64. The lowest BCUT2D eigenvalue weighted by Crippen LogP contribution is -2.32. The topological polar surface area (TPSA) is 48.9 Å². The van der Waals surface area contributed by atoms with Crippen LogP contribution in [0.1, 0.15) is 25.6 Å². The van der Waals surface area contributed by atoms with Crippen LogP contribution in [-0.2, 0) is 24.8 Å². The molecule has 0 saturated heterocycles. The molecule has 14 heavy (non-hydrogen) atoms. The van der Waals surface area contributed by atoms with E-state index in [9.17, 15) is 9.90 Å². The molecule has 0 saturated carbocycles. The van der Waals surface area contributed by atoms with Crippen molar-refractivity contribution >= 4 is 5.97 Å². The van der Waals surface area contributed by atoms with Crippen LogP contribution in [0.3, 0.4) is 0 Å². The van der Waals surface area contributed by atoms with E-state index >= 15 is 0 Å². The van der Waals surface area contributed by atoms with Crippen molar-refractivity contribution < 1.29 is 14.5 Å². The highest BCUT2D eigenvalue weighted by Crippen LogP contribution is 2.00. The van der Waals surface area contributed by atoms with Crippen molar-refractivity contribution in [2.45, 2.75) is 32.7 Å². The first-order chi connectivity index (χ1) is 6.65. The number of carbonyl (C=O) groups is 1. The molecule has 0 atom stereocenters. The van der Waals surface area contributed by atoms with E-state index in [2.05, 4.69) is 6.92 Å². The fourth-order valence-corrected chi connectivity index (χ4v) is 1.51. The fourth-order valence-electron chi connectivity index (χ4n) is 1.51. The first kappa shape index (κ1) is 10.8. The first-order valence-electron chi connectivity index (χ1n) is 4.88. The minimum absolute atomic E-state index is 0.0748. The SMILES string of the molecule is CCCc1n(CCC(=O)[O-])cc[n+]1C. The largest absolute Gasteiger partial charge is 0.550 e. The smallest absolute Gasteiger partial charge is 0.256 e. The summed E-state index contributed by atoms with van der Waals surface area (Å²) in [6.45, 7) is 2.61. The summed E-state index contributed by atoms with van der Waals surface area (Å²) in [6.07, 6.45) is 5.96. The maximum Gasteiger partial charge on any atom is 0.256 e. The second-order valence-corrected chi connectivity index (χ2v) is 3.39. The molecular formula is C10H16N2O2. The van der Waals surface area contributed by atoms with Gasteiger partial charge in [-0.2, -0.15) is 0 Å². The molecule has 0 N–H and O–H groups in total. The molecule has 0 aromatic carbocycles. The highest BCUT2D eigenvalue weighted by atomic mass is 16.4. The van der Waals surface area contributed by atoms with Crippen LogP contribution in [0.2, 0.25) is 0 Å². The van der Waals surface area contributed by atoms with Crippen LogP contribution < -0.4 is 9.67 Å². The van der Waals surface area contributed by atoms with E-state index in [0.717, 1.165) is 18.7 Å². The maximum absolute atomic E-state index is 10.3. The quantitative estimate of drug-likeness (QED) is 0.591. The molecular weight excluding hydrogens is 180 g/mol. The number of carboxylic acids is 1. The summed E-state index contributed by atoms with van der Waals surface area (Å²) < 4.78 is 4.00. The molecule has 0 spiro atoms. The number of hydrogen-bond donors (Lipinski definition) is 0. The van der Waals surface area contributed by atoms with Crippen LogP contribution in [0.15, 0.2) is 12.4 Å². The Hall–Kier alpha value is -1.32. The third kappa shape index (κ3) is 2.58. The fraction of sp³-hybridized carbons (Fsp3) is 0.600. The molecule has 0 aliphatic carbocycles. The van der Waals surface area contributed by atoms with Gasteiger partial charge < -0.3 is 9.90 Å². The summed E-state index contributed by atoms with van der Waals surface area (Å²) in [5, 5.41) is 10.3. The van der Waals surface area contributed by atoms with E-state index in [-0.39, 0.29) is 6.42 Å². The number of aliphatic carboxylic acids is 1. The zero-order valence-electron chi connectivity index (χ0n) is 8.69. The average Bonchev–Trinajstić information content (AvgIpc) is 2.46. The van der Waals surface area contributed by atoms with Crippen LogP contribution in [0.5, 0.6) is 0 Å². The van der Waals surface area contributed by atoms with Gasteiger partial charge in [0.1, 0.15) is 12.4 Å². The molecule has 0 aliphatic rings. The number of carbonyl (C=O) groups excluding carboxylic acids is 1. The van der Waals surface area contributed by atoms with Gasteiger partial charge in [0.25, 0.3) is 5.82 Å². The summed E-state index contributed by atoms with van der Waals surface area (Å²) in [7, 11) is 1.97. The van der Waals surface area contributed by atoms with Crippen LogP contribution in [0, 0.1) is 0 Å². The molecule has 0 radical (unpaired) electrons. The van der Waals surface area contributed by atoms with Crippen LogP contribution >= 0.6 is 0 Å². The van der Waals surface area contributed by atoms with E-state index in [1.54, 1.807) is 0 Å². The van der Waals surface area contributed by atoms with E-state index in [1.165, 1.54) is 0 Å². The maximum atomic E-state index is 10.3. The summed E-state index contributed by atoms with van der Waals surface area (Å²) in [5.74, 6) is 0.164. The molecule has 0 aliphatic heterocycles. The molecule has 4 heteroatoms. The molecule has 78 valence electrons. The molecule has 0 fully saturated rings. The number of aromatic nitrogens is 2. The van der Waals surface area contributed by atoms with Crippen molar-refractivity contribution in [3.63, 3.8) is 0 Å². The van der Waals surface area contributed by atoms with Gasteiger partial charge in [-0.3, -0.25) is 0 Å². The van der Waals surface area contributed by atoms with Crippen molar-refractivity contribution in [3.05, 3.63) is 18.2 Å². The van der Waals surface area contributed by atoms with Crippen molar-refractivity contribution in [1.29, 1.82) is 0 Å². The number of hydrogen-bond acceptors (Lipinski definition) is 2. The Labute approximate surface area is 83.8 Å². The zero-order chi connectivity index (χ0) is 10.6. The summed E-state index contributed by atoms with van der Waals surface area (Å²) in [5.41, 5.74) is 0. The standard InChI is InChI=1S/C10H16N2O2/c1-3-4-9-11(2)7-8-12(9)6-5-10(13)14/h7-8H,3-6H2,1-2H3. The number of carboxylic acid groups (broad SMARTS) is 1. The van der Waals surface area contributed by atoms with Gasteiger partial charge in [0.05, 0.1) is 13.6 Å². The second kappa shape index (κ2) is 4.79. The van der Waals surface area contributed by atoms with E-state index < -0.39 is 5.97 Å². The Morgan fingerprint density at radius 3 is 2.93 bits per heavy atom. The Balaban J connectivity index is 2.70. The number of rotatable bonds is 5. The van der Waals surface area contributed by atoms with Crippen LogP contribution in [-0.4, -0.2) is 10.5 Å². The number of imidazole rings is 1. The van der Waals surface area contributed by atoms with E-state index in [0.29, 0.717) is 6.54 Å². The minimum atomic E-state index is -0.996. The summed E-state index contributed by atoms with van der Waals surface area (Å²) in [4.78, 5) is 10.3. The first-order valence-corrected chi connectivity index (χ1v) is 4.88. The van der Waals surface area contributed by atoms with Gasteiger partial charge in [-0.25, -0.2) is 9.13 Å². The normalized spacial score (nSPS) is 10.4. The predicted molar refractivity (Wildman–Crippen MR) is 49.2 cm³/mol. The lowest BCUT2D eigenvalue weighted by molar-refractivity contribution is -0.678. The van der Waals surface area contributed by atoms with Gasteiger partial charge in [-0.1, -0.05) is 6.92 Å². The number of nitrogens with zero attached hydrogens (tertiary/aromatic N) is 2. The molecule has 4 nitrogen and oxygen atoms in total. The molecule has 1 aromatic rings. The predicted octanol–water partition coefficient (Wildman–Crippen LogP) is -0.595. The third-order valence-electron chi connectivity index (χ3n) is 2.24. The second-order valence-electron chi connectivity index (χ2n) is 3.39. The minimum Gasteiger partial charge on any atom is -0.550 e.